The Morgan fingerprint density at radius 2 is 1.76 bits per heavy atom. The quantitative estimate of drug-likeness (QED) is 0.660. The van der Waals surface area contributed by atoms with Gasteiger partial charge >= 0.3 is 5.97 Å². The molecule has 1 heterocycles. The molecule has 0 spiro atoms. The largest absolute Gasteiger partial charge is 0.497 e. The minimum atomic E-state index is -0.368. The van der Waals surface area contributed by atoms with E-state index in [1.807, 2.05) is 61.5 Å². The Morgan fingerprint density at radius 3 is 2.36 bits per heavy atom. The Morgan fingerprint density at radius 1 is 1.08 bits per heavy atom. The van der Waals surface area contributed by atoms with Gasteiger partial charge in [0.15, 0.2) is 0 Å². The fraction of sp³-hybridized carbons (Fsp3) is 0.200. The van der Waals surface area contributed by atoms with E-state index in [9.17, 15) is 4.79 Å². The Kier molecular flexibility index (Phi) is 4.84. The van der Waals surface area contributed by atoms with Gasteiger partial charge in [0.05, 0.1) is 25.1 Å². The SMILES string of the molecule is CCOC(=O)c1c(-c2ccc(OC)cc2)nn(-c2ccccc2)c1C. The van der Waals surface area contributed by atoms with Crippen molar-refractivity contribution in [1.82, 2.24) is 9.78 Å². The maximum atomic E-state index is 12.5. The highest BCUT2D eigenvalue weighted by Crippen LogP contribution is 2.29. The molecule has 0 amide bonds. The minimum Gasteiger partial charge on any atom is -0.497 e. The Hall–Kier alpha value is -3.08. The molecule has 0 atom stereocenters. The number of methoxy groups -OCH3 is 1. The normalized spacial score (nSPS) is 10.5. The lowest BCUT2D eigenvalue weighted by molar-refractivity contribution is 0.0526. The third-order valence-corrected chi connectivity index (χ3v) is 3.96. The lowest BCUT2D eigenvalue weighted by Gasteiger charge is -2.05. The van der Waals surface area contributed by atoms with Crippen LogP contribution in [0.1, 0.15) is 23.0 Å². The van der Waals surface area contributed by atoms with Crippen molar-refractivity contribution >= 4 is 5.97 Å². The van der Waals surface area contributed by atoms with Gasteiger partial charge in [-0.2, -0.15) is 5.10 Å². The average Bonchev–Trinajstić information content (AvgIpc) is 3.00. The van der Waals surface area contributed by atoms with Crippen molar-refractivity contribution in [3.8, 4) is 22.7 Å². The molecule has 3 rings (SSSR count). The molecule has 0 fully saturated rings. The van der Waals surface area contributed by atoms with Gasteiger partial charge in [-0.05, 0) is 50.2 Å². The van der Waals surface area contributed by atoms with Gasteiger partial charge in [0.2, 0.25) is 0 Å². The maximum Gasteiger partial charge on any atom is 0.342 e. The van der Waals surface area contributed by atoms with Crippen LogP contribution < -0.4 is 4.74 Å². The molecule has 1 aromatic heterocycles. The first kappa shape index (κ1) is 16.8. The van der Waals surface area contributed by atoms with Crippen molar-refractivity contribution in [2.75, 3.05) is 13.7 Å². The van der Waals surface area contributed by atoms with E-state index in [2.05, 4.69) is 5.10 Å². The van der Waals surface area contributed by atoms with Gasteiger partial charge in [-0.15, -0.1) is 0 Å². The second kappa shape index (κ2) is 7.21. The fourth-order valence-corrected chi connectivity index (χ4v) is 2.72. The summed E-state index contributed by atoms with van der Waals surface area (Å²) in [6.45, 7) is 3.98. The molecule has 0 saturated heterocycles. The van der Waals surface area contributed by atoms with E-state index in [-0.39, 0.29) is 5.97 Å². The Labute approximate surface area is 146 Å². The molecule has 0 aliphatic carbocycles. The number of carbonyl (C=O) groups excluding carboxylic acids is 1. The van der Waals surface area contributed by atoms with Crippen LogP contribution in [0, 0.1) is 6.92 Å². The number of benzene rings is 2. The number of nitrogens with zero attached hydrogens (tertiary/aromatic N) is 2. The summed E-state index contributed by atoms with van der Waals surface area (Å²) in [4.78, 5) is 12.5. The standard InChI is InChI=1S/C20H20N2O3/c1-4-25-20(23)18-14(2)22(16-8-6-5-7-9-16)21-19(18)15-10-12-17(24-3)13-11-15/h5-13H,4H2,1-3H3. The van der Waals surface area contributed by atoms with Crippen LogP contribution in [-0.2, 0) is 4.74 Å². The van der Waals surface area contributed by atoms with Crippen molar-refractivity contribution in [1.29, 1.82) is 0 Å². The van der Waals surface area contributed by atoms with E-state index in [0.29, 0.717) is 17.9 Å². The van der Waals surface area contributed by atoms with Crippen molar-refractivity contribution in [3.05, 3.63) is 65.9 Å². The van der Waals surface area contributed by atoms with Crippen LogP contribution in [0.5, 0.6) is 5.75 Å². The van der Waals surface area contributed by atoms with Gasteiger partial charge in [0.1, 0.15) is 17.0 Å². The smallest absolute Gasteiger partial charge is 0.342 e. The topological polar surface area (TPSA) is 53.4 Å². The number of hydrogen-bond donors (Lipinski definition) is 0. The third kappa shape index (κ3) is 3.26. The first-order valence-corrected chi connectivity index (χ1v) is 8.12. The molecule has 2 aromatic carbocycles. The van der Waals surface area contributed by atoms with Crippen LogP contribution in [0.2, 0.25) is 0 Å². The summed E-state index contributed by atoms with van der Waals surface area (Å²) in [5.74, 6) is 0.383. The number of para-hydroxylation sites is 1. The molecule has 5 nitrogen and oxygen atoms in total. The molecular weight excluding hydrogens is 316 g/mol. The van der Waals surface area contributed by atoms with Crippen LogP contribution in [0.4, 0.5) is 0 Å². The number of hydrogen-bond acceptors (Lipinski definition) is 4. The number of carbonyl (C=O) groups is 1. The second-order valence-electron chi connectivity index (χ2n) is 5.51. The lowest BCUT2D eigenvalue weighted by atomic mass is 10.1. The summed E-state index contributed by atoms with van der Waals surface area (Å²) >= 11 is 0. The van der Waals surface area contributed by atoms with Crippen molar-refractivity contribution in [3.63, 3.8) is 0 Å². The van der Waals surface area contributed by atoms with Crippen molar-refractivity contribution < 1.29 is 14.3 Å². The van der Waals surface area contributed by atoms with E-state index in [1.54, 1.807) is 18.7 Å². The first-order valence-electron chi connectivity index (χ1n) is 8.12. The summed E-state index contributed by atoms with van der Waals surface area (Å²) in [7, 11) is 1.62. The molecule has 0 N–H and O–H groups in total. The molecule has 0 aliphatic rings. The molecule has 0 radical (unpaired) electrons. The second-order valence-corrected chi connectivity index (χ2v) is 5.51. The zero-order valence-electron chi connectivity index (χ0n) is 14.5. The van der Waals surface area contributed by atoms with Crippen LogP contribution >= 0.6 is 0 Å². The van der Waals surface area contributed by atoms with Crippen molar-refractivity contribution in [2.24, 2.45) is 0 Å². The number of rotatable bonds is 5. The van der Waals surface area contributed by atoms with Crippen molar-refractivity contribution in [2.45, 2.75) is 13.8 Å². The Balaban J connectivity index is 2.16. The lowest BCUT2D eigenvalue weighted by Crippen LogP contribution is -2.07. The maximum absolute atomic E-state index is 12.5. The molecule has 0 saturated carbocycles. The van der Waals surface area contributed by atoms with Gasteiger partial charge in [-0.3, -0.25) is 0 Å². The van der Waals surface area contributed by atoms with Gasteiger partial charge in [0.25, 0.3) is 0 Å². The molecule has 25 heavy (non-hydrogen) atoms. The highest BCUT2D eigenvalue weighted by atomic mass is 16.5. The van der Waals surface area contributed by atoms with Crippen LogP contribution in [0.3, 0.4) is 0 Å². The molecular formula is C20H20N2O3. The predicted molar refractivity (Wildman–Crippen MR) is 96.2 cm³/mol. The zero-order chi connectivity index (χ0) is 17.8. The summed E-state index contributed by atoms with van der Waals surface area (Å²) in [5.41, 5.74) is 3.56. The van der Waals surface area contributed by atoms with Gasteiger partial charge in [-0.25, -0.2) is 9.48 Å². The highest BCUT2D eigenvalue weighted by Gasteiger charge is 2.24. The van der Waals surface area contributed by atoms with Gasteiger partial charge < -0.3 is 9.47 Å². The molecule has 0 bridgehead atoms. The third-order valence-electron chi connectivity index (χ3n) is 3.96. The van der Waals surface area contributed by atoms with E-state index in [4.69, 9.17) is 9.47 Å². The Bertz CT molecular complexity index is 868. The minimum absolute atomic E-state index is 0.316. The average molecular weight is 336 g/mol. The van der Waals surface area contributed by atoms with E-state index in [0.717, 1.165) is 22.7 Å². The fourth-order valence-electron chi connectivity index (χ4n) is 2.72. The molecule has 0 aliphatic heterocycles. The zero-order valence-corrected chi connectivity index (χ0v) is 14.5. The summed E-state index contributed by atoms with van der Waals surface area (Å²) < 4.78 is 12.2. The number of ether oxygens (including phenoxy) is 2. The van der Waals surface area contributed by atoms with Crippen LogP contribution in [0.15, 0.2) is 54.6 Å². The molecule has 3 aromatic rings. The molecule has 128 valence electrons. The summed E-state index contributed by atoms with van der Waals surface area (Å²) in [6, 6.07) is 17.2. The van der Waals surface area contributed by atoms with E-state index >= 15 is 0 Å². The van der Waals surface area contributed by atoms with E-state index in [1.165, 1.54) is 0 Å². The molecule has 5 heteroatoms. The molecule has 0 unspecified atom stereocenters. The van der Waals surface area contributed by atoms with Gasteiger partial charge in [0, 0.05) is 5.56 Å². The van der Waals surface area contributed by atoms with Gasteiger partial charge in [-0.1, -0.05) is 18.2 Å². The number of esters is 1. The summed E-state index contributed by atoms with van der Waals surface area (Å²) in [6.07, 6.45) is 0. The van der Waals surface area contributed by atoms with E-state index < -0.39 is 0 Å². The first-order chi connectivity index (χ1) is 12.2. The van der Waals surface area contributed by atoms with Crippen LogP contribution in [0.25, 0.3) is 16.9 Å². The highest BCUT2D eigenvalue weighted by molar-refractivity contribution is 5.97. The predicted octanol–water partition coefficient (Wildman–Crippen LogP) is 4.03. The van der Waals surface area contributed by atoms with Crippen LogP contribution in [-0.4, -0.2) is 29.5 Å². The number of aromatic nitrogens is 2. The summed E-state index contributed by atoms with van der Waals surface area (Å²) in [5, 5.41) is 4.68. The monoisotopic (exact) mass is 336 g/mol.